The van der Waals surface area contributed by atoms with Crippen LogP contribution in [0.15, 0.2) is 22.8 Å². The Hall–Kier alpha value is -2.02. The van der Waals surface area contributed by atoms with Crippen LogP contribution in [0.5, 0.6) is 0 Å². The molecule has 1 amide bonds. The molecule has 0 radical (unpaired) electrons. The van der Waals surface area contributed by atoms with E-state index in [1.54, 1.807) is 12.1 Å². The lowest BCUT2D eigenvalue weighted by molar-refractivity contribution is -0.139. The smallest absolute Gasteiger partial charge is 0.407 e. The van der Waals surface area contributed by atoms with Crippen molar-refractivity contribution in [2.45, 2.75) is 31.7 Å². The summed E-state index contributed by atoms with van der Waals surface area (Å²) in [5, 5.41) is 11.3. The Morgan fingerprint density at radius 2 is 2.25 bits per heavy atom. The number of ether oxygens (including phenoxy) is 1. The van der Waals surface area contributed by atoms with Crippen LogP contribution in [-0.4, -0.2) is 36.4 Å². The van der Waals surface area contributed by atoms with Gasteiger partial charge in [-0.25, -0.2) is 9.59 Å². The quantitative estimate of drug-likeness (QED) is 0.585. The largest absolute Gasteiger partial charge is 0.480 e. The molecule has 0 aliphatic carbocycles. The van der Waals surface area contributed by atoms with Crippen LogP contribution in [0.4, 0.5) is 4.79 Å². The molecule has 0 fully saturated rings. The minimum atomic E-state index is -1.08. The van der Waals surface area contributed by atoms with E-state index in [0.717, 1.165) is 6.42 Å². The molecule has 0 aliphatic rings. The van der Waals surface area contributed by atoms with Crippen molar-refractivity contribution in [1.29, 1.82) is 0 Å². The first-order valence-corrected chi connectivity index (χ1v) is 6.52. The summed E-state index contributed by atoms with van der Waals surface area (Å²) < 4.78 is 9.99. The fourth-order valence-corrected chi connectivity index (χ4v) is 1.63. The van der Waals surface area contributed by atoms with Crippen LogP contribution >= 0.6 is 0 Å². The molecule has 0 aliphatic heterocycles. The maximum absolute atomic E-state index is 11.5. The third-order valence-corrected chi connectivity index (χ3v) is 2.70. The molecule has 0 spiro atoms. The molecule has 0 saturated carbocycles. The lowest BCUT2D eigenvalue weighted by atomic mass is 10.1. The van der Waals surface area contributed by atoms with Crippen LogP contribution in [0.3, 0.4) is 0 Å². The standard InChI is InChI=1S/C13H20N2O5/c14-7-2-1-5-11(12(16)17)15-13(18)20-9-6-10-4-3-8-19-10/h3-4,8,11H,1-2,5-7,9,14H2,(H,15,18)(H,16,17)/t11-/m0/s1. The summed E-state index contributed by atoms with van der Waals surface area (Å²) in [5.74, 6) is -0.375. The molecule has 1 atom stereocenters. The van der Waals surface area contributed by atoms with Crippen molar-refractivity contribution >= 4 is 12.1 Å². The van der Waals surface area contributed by atoms with Gasteiger partial charge in [-0.1, -0.05) is 0 Å². The van der Waals surface area contributed by atoms with E-state index in [0.29, 0.717) is 31.6 Å². The lowest BCUT2D eigenvalue weighted by Gasteiger charge is -2.14. The monoisotopic (exact) mass is 284 g/mol. The van der Waals surface area contributed by atoms with E-state index < -0.39 is 18.1 Å². The number of amides is 1. The summed E-state index contributed by atoms with van der Waals surface area (Å²) >= 11 is 0. The number of carbonyl (C=O) groups is 2. The second kappa shape index (κ2) is 8.98. The van der Waals surface area contributed by atoms with E-state index in [1.165, 1.54) is 6.26 Å². The highest BCUT2D eigenvalue weighted by atomic mass is 16.5. The van der Waals surface area contributed by atoms with E-state index in [2.05, 4.69) is 5.32 Å². The number of nitrogens with two attached hydrogens (primary N) is 1. The molecule has 7 heteroatoms. The maximum atomic E-state index is 11.5. The molecular formula is C13H20N2O5. The number of hydrogen-bond acceptors (Lipinski definition) is 5. The first-order chi connectivity index (χ1) is 9.63. The third-order valence-electron chi connectivity index (χ3n) is 2.70. The Kier molecular flexibility index (Phi) is 7.20. The highest BCUT2D eigenvalue weighted by Crippen LogP contribution is 2.03. The topological polar surface area (TPSA) is 115 Å². The Morgan fingerprint density at radius 3 is 2.85 bits per heavy atom. The molecule has 0 saturated heterocycles. The molecule has 1 aromatic rings. The molecule has 0 aromatic carbocycles. The van der Waals surface area contributed by atoms with Crippen molar-refractivity contribution in [3.05, 3.63) is 24.2 Å². The second-order valence-electron chi connectivity index (χ2n) is 4.28. The van der Waals surface area contributed by atoms with E-state index in [4.69, 9.17) is 20.0 Å². The zero-order valence-electron chi connectivity index (χ0n) is 11.2. The van der Waals surface area contributed by atoms with Crippen LogP contribution < -0.4 is 11.1 Å². The Morgan fingerprint density at radius 1 is 1.45 bits per heavy atom. The first-order valence-electron chi connectivity index (χ1n) is 6.52. The summed E-state index contributed by atoms with van der Waals surface area (Å²) in [6, 6.07) is 2.57. The van der Waals surface area contributed by atoms with Crippen molar-refractivity contribution in [2.24, 2.45) is 5.73 Å². The molecule has 112 valence electrons. The summed E-state index contributed by atoms with van der Waals surface area (Å²) in [5.41, 5.74) is 5.34. The lowest BCUT2D eigenvalue weighted by Crippen LogP contribution is -2.41. The molecule has 7 nitrogen and oxygen atoms in total. The van der Waals surface area contributed by atoms with Gasteiger partial charge in [0.05, 0.1) is 6.26 Å². The SMILES string of the molecule is NCCCC[C@H](NC(=O)OCCc1ccco1)C(=O)O. The molecule has 4 N–H and O–H groups in total. The average Bonchev–Trinajstić information content (AvgIpc) is 2.91. The number of hydrogen-bond donors (Lipinski definition) is 3. The number of furan rings is 1. The Labute approximate surface area is 117 Å². The fourth-order valence-electron chi connectivity index (χ4n) is 1.63. The number of nitrogens with one attached hydrogen (secondary N) is 1. The number of unbranched alkanes of at least 4 members (excludes halogenated alkanes) is 1. The molecule has 1 rings (SSSR count). The van der Waals surface area contributed by atoms with E-state index in [-0.39, 0.29) is 6.61 Å². The number of carbonyl (C=O) groups excluding carboxylic acids is 1. The fraction of sp³-hybridized carbons (Fsp3) is 0.538. The third kappa shape index (κ3) is 6.24. The molecule has 1 heterocycles. The first kappa shape index (κ1) is 16.0. The van der Waals surface area contributed by atoms with E-state index in [9.17, 15) is 9.59 Å². The molecule has 1 aromatic heterocycles. The van der Waals surface area contributed by atoms with Gasteiger partial charge < -0.3 is 25.3 Å². The van der Waals surface area contributed by atoms with Crippen molar-refractivity contribution < 1.29 is 23.8 Å². The van der Waals surface area contributed by atoms with Crippen LogP contribution in [-0.2, 0) is 16.0 Å². The van der Waals surface area contributed by atoms with E-state index in [1.807, 2.05) is 0 Å². The van der Waals surface area contributed by atoms with Gasteiger partial charge in [-0.3, -0.25) is 0 Å². The van der Waals surface area contributed by atoms with Gasteiger partial charge in [0.25, 0.3) is 0 Å². The molecule has 0 bridgehead atoms. The van der Waals surface area contributed by atoms with Crippen LogP contribution in [0, 0.1) is 0 Å². The Balaban J connectivity index is 2.24. The van der Waals surface area contributed by atoms with Gasteiger partial charge in [-0.15, -0.1) is 0 Å². The number of carboxylic acid groups (broad SMARTS) is 1. The van der Waals surface area contributed by atoms with Gasteiger partial charge in [0.15, 0.2) is 0 Å². The minimum absolute atomic E-state index is 0.133. The number of alkyl carbamates (subject to hydrolysis) is 1. The van der Waals surface area contributed by atoms with Gasteiger partial charge in [0.1, 0.15) is 18.4 Å². The highest BCUT2D eigenvalue weighted by molar-refractivity contribution is 5.79. The maximum Gasteiger partial charge on any atom is 0.407 e. The predicted molar refractivity (Wildman–Crippen MR) is 71.2 cm³/mol. The number of carboxylic acids is 1. The molecule has 0 unspecified atom stereocenters. The normalized spacial score (nSPS) is 11.8. The zero-order valence-corrected chi connectivity index (χ0v) is 11.2. The van der Waals surface area contributed by atoms with Crippen molar-refractivity contribution in [2.75, 3.05) is 13.2 Å². The summed E-state index contributed by atoms with van der Waals surface area (Å²) in [6.07, 6.45) is 2.94. The Bertz CT molecular complexity index is 405. The molecular weight excluding hydrogens is 264 g/mol. The predicted octanol–water partition coefficient (Wildman–Crippen LogP) is 1.13. The van der Waals surface area contributed by atoms with Crippen molar-refractivity contribution in [1.82, 2.24) is 5.32 Å². The second-order valence-corrected chi connectivity index (χ2v) is 4.28. The number of aliphatic carboxylic acids is 1. The summed E-state index contributed by atoms with van der Waals surface area (Å²) in [6.45, 7) is 0.633. The van der Waals surface area contributed by atoms with Gasteiger partial charge in [0, 0.05) is 6.42 Å². The minimum Gasteiger partial charge on any atom is -0.480 e. The summed E-state index contributed by atoms with van der Waals surface area (Å²) in [4.78, 5) is 22.4. The highest BCUT2D eigenvalue weighted by Gasteiger charge is 2.19. The molecule has 20 heavy (non-hydrogen) atoms. The van der Waals surface area contributed by atoms with Crippen LogP contribution in [0.25, 0.3) is 0 Å². The summed E-state index contributed by atoms with van der Waals surface area (Å²) in [7, 11) is 0. The van der Waals surface area contributed by atoms with Crippen LogP contribution in [0.2, 0.25) is 0 Å². The van der Waals surface area contributed by atoms with Crippen molar-refractivity contribution in [3.63, 3.8) is 0 Å². The van der Waals surface area contributed by atoms with Gasteiger partial charge in [-0.05, 0) is 37.9 Å². The number of rotatable bonds is 9. The zero-order chi connectivity index (χ0) is 14.8. The van der Waals surface area contributed by atoms with Crippen LogP contribution in [0.1, 0.15) is 25.0 Å². The average molecular weight is 284 g/mol. The van der Waals surface area contributed by atoms with Crippen molar-refractivity contribution in [3.8, 4) is 0 Å². The van der Waals surface area contributed by atoms with Gasteiger partial charge >= 0.3 is 12.1 Å². The van der Waals surface area contributed by atoms with Gasteiger partial charge in [0.2, 0.25) is 0 Å². The van der Waals surface area contributed by atoms with E-state index >= 15 is 0 Å². The van der Waals surface area contributed by atoms with Gasteiger partial charge in [-0.2, -0.15) is 0 Å².